The van der Waals surface area contributed by atoms with E-state index in [-0.39, 0.29) is 45.8 Å². The quantitative estimate of drug-likeness (QED) is 0.120. The maximum Gasteiger partial charge on any atom is 0.187 e. The molecule has 27 atom stereocenters. The molecule has 4 aliphatic heterocycles. The van der Waals surface area contributed by atoms with E-state index in [1.165, 1.54) is 0 Å². The van der Waals surface area contributed by atoms with Gasteiger partial charge >= 0.3 is 0 Å². The van der Waals surface area contributed by atoms with E-state index in [1.54, 1.807) is 6.92 Å². The van der Waals surface area contributed by atoms with Crippen molar-refractivity contribution in [2.45, 2.75) is 204 Å². The topological polar surface area (TPSA) is 267 Å². The standard InChI is InChI=1S/C47H76O17/c1-20-21(2)38-46(15-23(20)49)19-59-47(38)14-10-27-43(6)12-11-29(42(4,5)26(43)9-13-44(27,7)45(47,8)16-28(46)51)62-40-36(33(55)30(52)22(3)60-40)64-41-37(34(56)32(54)25(17-48)61-41)63-39-35(57)31(53)24(50)18-58-39/h10,14,20-41,48-57H,9,11-13,15-19H2,1-8H3/t20-,21-,22+,23-,24+,25+,26-,27+,28+,29-,30-,31-,32+,33-,34-,35+,36+,37+,38+,39-,40-,41-,43-,44+,45-,46-,47+/m0/s1. The number of hydrogen-bond acceptors (Lipinski definition) is 17. The molecule has 8 fully saturated rings. The second-order valence-electron chi connectivity index (χ2n) is 23.0. The largest absolute Gasteiger partial charge is 0.394 e. The van der Waals surface area contributed by atoms with Crippen LogP contribution in [-0.2, 0) is 33.2 Å². The van der Waals surface area contributed by atoms with E-state index in [9.17, 15) is 51.1 Å². The van der Waals surface area contributed by atoms with Crippen molar-refractivity contribution in [3.05, 3.63) is 12.2 Å². The van der Waals surface area contributed by atoms with Crippen molar-refractivity contribution in [2.24, 2.45) is 56.7 Å². The molecule has 0 radical (unpaired) electrons. The molecule has 1 spiro atoms. The first-order valence-electron chi connectivity index (χ1n) is 23.9. The van der Waals surface area contributed by atoms with Crippen LogP contribution < -0.4 is 0 Å². The molecule has 4 heterocycles. The van der Waals surface area contributed by atoms with E-state index >= 15 is 0 Å². The van der Waals surface area contributed by atoms with Gasteiger partial charge in [-0.25, -0.2) is 0 Å². The van der Waals surface area contributed by atoms with Crippen molar-refractivity contribution < 1.29 is 84.2 Å². The van der Waals surface area contributed by atoms with E-state index in [0.29, 0.717) is 25.9 Å². The summed E-state index contributed by atoms with van der Waals surface area (Å²) in [5.41, 5.74) is -2.31. The lowest BCUT2D eigenvalue weighted by Crippen LogP contribution is -2.73. The van der Waals surface area contributed by atoms with E-state index in [1.807, 2.05) is 0 Å². The summed E-state index contributed by atoms with van der Waals surface area (Å²) in [4.78, 5) is 0. The second kappa shape index (κ2) is 16.3. The molecule has 5 aliphatic carbocycles. The van der Waals surface area contributed by atoms with Crippen LogP contribution in [0.3, 0.4) is 0 Å². The van der Waals surface area contributed by atoms with Crippen LogP contribution in [0.25, 0.3) is 0 Å². The molecule has 9 aliphatic rings. The van der Waals surface area contributed by atoms with Crippen LogP contribution in [0.15, 0.2) is 12.2 Å². The molecule has 17 heteroatoms. The van der Waals surface area contributed by atoms with Gasteiger partial charge in [0.15, 0.2) is 18.9 Å². The van der Waals surface area contributed by atoms with Crippen molar-refractivity contribution in [1.82, 2.24) is 0 Å². The Labute approximate surface area is 376 Å². The van der Waals surface area contributed by atoms with E-state index in [2.05, 4.69) is 60.6 Å². The van der Waals surface area contributed by atoms with E-state index in [0.717, 1.165) is 19.3 Å². The Morgan fingerprint density at radius 3 is 2.02 bits per heavy atom. The second-order valence-corrected chi connectivity index (χ2v) is 23.0. The summed E-state index contributed by atoms with van der Waals surface area (Å²) in [7, 11) is 0. The highest BCUT2D eigenvalue weighted by molar-refractivity contribution is 5.36. The fourth-order valence-corrected chi connectivity index (χ4v) is 15.8. The number of rotatable bonds is 7. The summed E-state index contributed by atoms with van der Waals surface area (Å²) in [6.45, 7) is 16.9. The van der Waals surface area contributed by atoms with Gasteiger partial charge in [-0.2, -0.15) is 0 Å². The van der Waals surface area contributed by atoms with Crippen LogP contribution >= 0.6 is 0 Å². The number of ether oxygens (including phenoxy) is 7. The zero-order chi connectivity index (χ0) is 46.4. The molecule has 64 heavy (non-hydrogen) atoms. The minimum absolute atomic E-state index is 0.0759. The van der Waals surface area contributed by atoms with Crippen LogP contribution in [0.5, 0.6) is 0 Å². The van der Waals surface area contributed by atoms with Crippen molar-refractivity contribution in [2.75, 3.05) is 19.8 Å². The molecule has 0 unspecified atom stereocenters. The maximum absolute atomic E-state index is 12.3. The number of allylic oxidation sites excluding steroid dienone is 1. The van der Waals surface area contributed by atoms with Gasteiger partial charge in [-0.15, -0.1) is 0 Å². The molecular weight excluding hydrogens is 836 g/mol. The van der Waals surface area contributed by atoms with Gasteiger partial charge < -0.3 is 84.2 Å². The molecule has 4 saturated carbocycles. The molecule has 10 N–H and O–H groups in total. The average Bonchev–Trinajstić information content (AvgIpc) is 3.54. The fraction of sp³-hybridized carbons (Fsp3) is 0.957. The van der Waals surface area contributed by atoms with Gasteiger partial charge in [-0.3, -0.25) is 0 Å². The number of aliphatic hydroxyl groups is 10. The first-order valence-corrected chi connectivity index (χ1v) is 23.9. The van der Waals surface area contributed by atoms with Gasteiger partial charge in [-0.1, -0.05) is 60.6 Å². The van der Waals surface area contributed by atoms with Crippen molar-refractivity contribution in [3.63, 3.8) is 0 Å². The van der Waals surface area contributed by atoms with Gasteiger partial charge in [0.05, 0.1) is 49.8 Å². The summed E-state index contributed by atoms with van der Waals surface area (Å²) in [6, 6.07) is 0. The van der Waals surface area contributed by atoms with Gasteiger partial charge in [-0.05, 0) is 85.4 Å². The highest BCUT2D eigenvalue weighted by Gasteiger charge is 2.80. The third-order valence-electron chi connectivity index (χ3n) is 19.9. The molecule has 0 amide bonds. The Bertz CT molecular complexity index is 1750. The molecule has 17 nitrogen and oxygen atoms in total. The Morgan fingerprint density at radius 1 is 0.672 bits per heavy atom. The zero-order valence-electron chi connectivity index (χ0n) is 38.6. The third kappa shape index (κ3) is 6.57. The van der Waals surface area contributed by atoms with Crippen LogP contribution in [0.2, 0.25) is 0 Å². The molecule has 0 aromatic heterocycles. The monoisotopic (exact) mass is 913 g/mol. The molecule has 366 valence electrons. The minimum Gasteiger partial charge on any atom is -0.394 e. The molecule has 0 aromatic rings. The predicted octanol–water partition coefficient (Wildman–Crippen LogP) is 0.0945. The lowest BCUT2D eigenvalue weighted by Gasteiger charge is -2.73. The number of hydrogen-bond donors (Lipinski definition) is 10. The number of fused-ring (bicyclic) bond motifs is 4. The fourth-order valence-electron chi connectivity index (χ4n) is 15.8. The van der Waals surface area contributed by atoms with Gasteiger partial charge in [0.1, 0.15) is 61.0 Å². The minimum atomic E-state index is -1.79. The van der Waals surface area contributed by atoms with Crippen LogP contribution in [-0.4, -0.2) is 181 Å². The molecular formula is C47H76O17. The zero-order valence-corrected chi connectivity index (χ0v) is 38.6. The van der Waals surface area contributed by atoms with Crippen LogP contribution in [0.1, 0.15) is 93.9 Å². The van der Waals surface area contributed by atoms with Gasteiger partial charge in [0.2, 0.25) is 0 Å². The maximum atomic E-state index is 12.3. The first-order chi connectivity index (χ1) is 29.9. The molecule has 2 bridgehead atoms. The molecule has 4 saturated heterocycles. The summed E-state index contributed by atoms with van der Waals surface area (Å²) in [5, 5.41) is 109. The highest BCUT2D eigenvalue weighted by Crippen LogP contribution is 2.79. The highest BCUT2D eigenvalue weighted by atomic mass is 16.8. The van der Waals surface area contributed by atoms with E-state index in [4.69, 9.17) is 33.2 Å². The normalized spacial score (nSPS) is 60.2. The lowest BCUT2D eigenvalue weighted by molar-refractivity contribution is -0.393. The van der Waals surface area contributed by atoms with Crippen molar-refractivity contribution in [3.8, 4) is 0 Å². The molecule has 9 rings (SSSR count). The predicted molar refractivity (Wildman–Crippen MR) is 223 cm³/mol. The van der Waals surface area contributed by atoms with Crippen molar-refractivity contribution >= 4 is 0 Å². The lowest BCUT2D eigenvalue weighted by atomic mass is 9.31. The molecule has 0 aromatic carbocycles. The first kappa shape index (κ1) is 48.1. The average molecular weight is 913 g/mol. The number of aliphatic hydroxyl groups excluding tert-OH is 10. The van der Waals surface area contributed by atoms with Crippen LogP contribution in [0, 0.1) is 56.7 Å². The summed E-state index contributed by atoms with van der Waals surface area (Å²) in [6.07, 6.45) is -13.6. The summed E-state index contributed by atoms with van der Waals surface area (Å²) < 4.78 is 43.9. The van der Waals surface area contributed by atoms with Gasteiger partial charge in [0, 0.05) is 16.7 Å². The SMILES string of the molecule is C[C@H]1[C@H](C)[C@@H](O)C[C@]23CO[C@]4(C=C[C@@H]5[C@@]6(C)CC[C@H](O[C@@H]7O[C@H](C)[C@H](O)[C@H](O)[C@H]7O[C@@H]7O[C@H](CO)[C@@H](O)[C@H](O)[C@H]7O[C@@H]7OC[C@@H](O)[C@H](O)[C@H]7O)C(C)(C)[C@@H]6CC[C@@]5(C)[C@]4(C)C[C@H]2O)[C@H]13. The van der Waals surface area contributed by atoms with Crippen LogP contribution in [0.4, 0.5) is 0 Å². The summed E-state index contributed by atoms with van der Waals surface area (Å²) >= 11 is 0. The van der Waals surface area contributed by atoms with Gasteiger partial charge in [0.25, 0.3) is 0 Å². The third-order valence-corrected chi connectivity index (χ3v) is 19.9. The smallest absolute Gasteiger partial charge is 0.187 e. The van der Waals surface area contributed by atoms with Crippen molar-refractivity contribution in [1.29, 1.82) is 0 Å². The Kier molecular flexibility index (Phi) is 12.3. The van der Waals surface area contributed by atoms with E-state index < -0.39 is 134 Å². The summed E-state index contributed by atoms with van der Waals surface area (Å²) in [5.74, 6) is 0.620. The Morgan fingerprint density at radius 2 is 1.33 bits per heavy atom. The Balaban J connectivity index is 0.979. The Hall–Kier alpha value is -0.940.